The Hall–Kier alpha value is 0.0400. The van der Waals surface area contributed by atoms with Gasteiger partial charge >= 0.3 is 0 Å². The van der Waals surface area contributed by atoms with Crippen molar-refractivity contribution in [2.75, 3.05) is 6.54 Å². The molecule has 0 aromatic carbocycles. The molecule has 0 atom stereocenters. The molecule has 0 aromatic heterocycles. The van der Waals surface area contributed by atoms with E-state index in [-0.39, 0.29) is 0 Å². The molecule has 0 bridgehead atoms. The number of hydrogen-bond donors (Lipinski definition) is 0. The second-order valence-electron chi connectivity index (χ2n) is 1.45. The average molecular weight is 164 g/mol. The molecular formula is C5H6ClNOS. The summed E-state index contributed by atoms with van der Waals surface area (Å²) in [6, 6.07) is 0. The van der Waals surface area contributed by atoms with Crippen LogP contribution >= 0.6 is 23.8 Å². The highest BCUT2D eigenvalue weighted by Gasteiger charge is 2.00. The lowest BCUT2D eigenvalue weighted by atomic mass is 10.5. The van der Waals surface area contributed by atoms with E-state index in [2.05, 4.69) is 4.39 Å². The predicted molar refractivity (Wildman–Crippen MR) is 39.5 cm³/mol. The maximum absolute atomic E-state index is 5.09. The number of hydroxylamine groups is 1. The summed E-state index contributed by atoms with van der Waals surface area (Å²) in [4.78, 5) is 0. The van der Waals surface area contributed by atoms with Gasteiger partial charge in [0.15, 0.2) is 0 Å². The van der Waals surface area contributed by atoms with Gasteiger partial charge in [-0.15, -0.1) is 4.47 Å². The van der Waals surface area contributed by atoms with Crippen LogP contribution < -0.4 is 0 Å². The van der Waals surface area contributed by atoms with Crippen LogP contribution in [-0.2, 0) is 4.39 Å². The monoisotopic (exact) mass is 163 g/mol. The lowest BCUT2D eigenvalue weighted by molar-refractivity contribution is 0.0792. The van der Waals surface area contributed by atoms with Gasteiger partial charge in [0.25, 0.3) is 0 Å². The smallest absolute Gasteiger partial charge is 0.0851 e. The first-order chi connectivity index (χ1) is 4.43. The fraction of sp³-hybridized carbons (Fsp3) is 0.200. The highest BCUT2D eigenvalue weighted by molar-refractivity contribution is 7.99. The lowest BCUT2D eigenvalue weighted by Crippen LogP contribution is -2.08. The predicted octanol–water partition coefficient (Wildman–Crippen LogP) is 2.11. The van der Waals surface area contributed by atoms with Crippen LogP contribution in [0.4, 0.5) is 0 Å². The minimum absolute atomic E-state index is 0.709. The Kier molecular flexibility index (Phi) is 3.14. The number of hydrogen-bond acceptors (Lipinski definition) is 3. The molecule has 50 valence electrons. The highest BCUT2D eigenvalue weighted by atomic mass is 35.5. The quantitative estimate of drug-likeness (QED) is 0.550. The molecule has 9 heavy (non-hydrogen) atoms. The Bertz CT molecular complexity index is 123. The first kappa shape index (κ1) is 7.15. The van der Waals surface area contributed by atoms with Crippen molar-refractivity contribution in [2.45, 2.75) is 0 Å². The normalized spacial score (nSPS) is 20.1. The van der Waals surface area contributed by atoms with Crippen molar-refractivity contribution >= 4 is 23.8 Å². The summed E-state index contributed by atoms with van der Waals surface area (Å²) in [5.74, 6) is 0. The summed E-state index contributed by atoms with van der Waals surface area (Å²) in [5.41, 5.74) is 0. The molecule has 1 rings (SSSR count). The van der Waals surface area contributed by atoms with Crippen molar-refractivity contribution in [2.24, 2.45) is 0 Å². The van der Waals surface area contributed by atoms with Gasteiger partial charge in [0, 0.05) is 0 Å². The second kappa shape index (κ2) is 3.95. The molecule has 1 aliphatic rings. The van der Waals surface area contributed by atoms with Gasteiger partial charge in [-0.3, -0.25) is 0 Å². The molecule has 0 N–H and O–H groups in total. The summed E-state index contributed by atoms with van der Waals surface area (Å²) in [6.07, 6.45) is 5.84. The molecule has 0 radical (unpaired) electrons. The third-order valence-electron chi connectivity index (χ3n) is 0.836. The van der Waals surface area contributed by atoms with Crippen molar-refractivity contribution < 1.29 is 4.39 Å². The minimum atomic E-state index is 0.709. The van der Waals surface area contributed by atoms with E-state index in [0.717, 1.165) is 0 Å². The topological polar surface area (TPSA) is 12.5 Å². The minimum Gasteiger partial charge on any atom is -0.176 e. The van der Waals surface area contributed by atoms with Crippen molar-refractivity contribution in [3.63, 3.8) is 0 Å². The van der Waals surface area contributed by atoms with Gasteiger partial charge in [0.2, 0.25) is 0 Å². The molecule has 0 spiro atoms. The Morgan fingerprint density at radius 2 is 2.44 bits per heavy atom. The van der Waals surface area contributed by atoms with Crippen LogP contribution in [-0.4, -0.2) is 11.0 Å². The van der Waals surface area contributed by atoms with E-state index in [1.807, 2.05) is 23.6 Å². The van der Waals surface area contributed by atoms with E-state index >= 15 is 0 Å². The van der Waals surface area contributed by atoms with Crippen LogP contribution in [0.3, 0.4) is 0 Å². The average Bonchev–Trinajstić information content (AvgIpc) is 2.13. The molecule has 0 aliphatic carbocycles. The third kappa shape index (κ3) is 2.41. The molecule has 2 nitrogen and oxygen atoms in total. The van der Waals surface area contributed by atoms with Gasteiger partial charge in [-0.1, -0.05) is 18.2 Å². The fourth-order valence-corrected chi connectivity index (χ4v) is 1.12. The molecule has 0 fully saturated rings. The van der Waals surface area contributed by atoms with Crippen LogP contribution in [0.5, 0.6) is 0 Å². The van der Waals surface area contributed by atoms with Gasteiger partial charge in [-0.05, 0) is 17.4 Å². The number of rotatable bonds is 1. The standard InChI is InChI=1S/C5H6ClNOS/c6-8-7-4-2-1-3-5-9-7/h1-3,5H,4H2. The molecule has 4 heteroatoms. The Labute approximate surface area is 63.4 Å². The van der Waals surface area contributed by atoms with Gasteiger partial charge in [0.05, 0.1) is 18.4 Å². The van der Waals surface area contributed by atoms with E-state index in [4.69, 9.17) is 11.9 Å². The first-order valence-electron chi connectivity index (χ1n) is 2.48. The van der Waals surface area contributed by atoms with E-state index in [1.54, 1.807) is 4.47 Å². The molecule has 1 heterocycles. The van der Waals surface area contributed by atoms with Crippen LogP contribution in [0.15, 0.2) is 23.6 Å². The van der Waals surface area contributed by atoms with Gasteiger partial charge < -0.3 is 0 Å². The lowest BCUT2D eigenvalue weighted by Gasteiger charge is -2.08. The zero-order chi connectivity index (χ0) is 6.53. The Morgan fingerprint density at radius 1 is 1.56 bits per heavy atom. The summed E-state index contributed by atoms with van der Waals surface area (Å²) >= 11 is 6.51. The summed E-state index contributed by atoms with van der Waals surface area (Å²) in [7, 11) is 0. The van der Waals surface area contributed by atoms with Crippen molar-refractivity contribution in [1.29, 1.82) is 0 Å². The number of nitrogens with zero attached hydrogens (tertiary/aromatic N) is 1. The SMILES string of the molecule is ClON1CC=CC=CS1. The van der Waals surface area contributed by atoms with Gasteiger partial charge in [0.1, 0.15) is 0 Å². The van der Waals surface area contributed by atoms with E-state index < -0.39 is 0 Å². The third-order valence-corrected chi connectivity index (χ3v) is 1.82. The van der Waals surface area contributed by atoms with Crippen LogP contribution in [0.25, 0.3) is 0 Å². The van der Waals surface area contributed by atoms with Crippen LogP contribution in [0, 0.1) is 0 Å². The fourth-order valence-electron chi connectivity index (χ4n) is 0.461. The Balaban J connectivity index is 2.40. The number of allylic oxidation sites excluding steroid dienone is 2. The molecular weight excluding hydrogens is 158 g/mol. The van der Waals surface area contributed by atoms with E-state index in [9.17, 15) is 0 Å². The van der Waals surface area contributed by atoms with Gasteiger partial charge in [-0.25, -0.2) is 0 Å². The maximum Gasteiger partial charge on any atom is 0.0851 e. The largest absolute Gasteiger partial charge is 0.176 e. The molecule has 0 unspecified atom stereocenters. The summed E-state index contributed by atoms with van der Waals surface area (Å²) < 4.78 is 5.99. The molecule has 0 aromatic rings. The van der Waals surface area contributed by atoms with E-state index in [0.29, 0.717) is 6.54 Å². The summed E-state index contributed by atoms with van der Waals surface area (Å²) in [6.45, 7) is 0.709. The van der Waals surface area contributed by atoms with E-state index in [1.165, 1.54) is 11.9 Å². The zero-order valence-electron chi connectivity index (χ0n) is 4.66. The first-order valence-corrected chi connectivity index (χ1v) is 3.62. The van der Waals surface area contributed by atoms with Gasteiger partial charge in [-0.2, -0.15) is 4.39 Å². The summed E-state index contributed by atoms with van der Waals surface area (Å²) in [5, 5.41) is 1.89. The Morgan fingerprint density at radius 3 is 3.22 bits per heavy atom. The van der Waals surface area contributed by atoms with Crippen molar-refractivity contribution in [1.82, 2.24) is 4.47 Å². The maximum atomic E-state index is 5.09. The molecule has 0 amide bonds. The second-order valence-corrected chi connectivity index (χ2v) is 2.47. The zero-order valence-corrected chi connectivity index (χ0v) is 6.23. The highest BCUT2D eigenvalue weighted by Crippen LogP contribution is 2.15. The molecule has 0 saturated carbocycles. The molecule has 0 saturated heterocycles. The molecule has 1 aliphatic heterocycles. The van der Waals surface area contributed by atoms with Crippen molar-refractivity contribution in [3.05, 3.63) is 23.6 Å². The van der Waals surface area contributed by atoms with Crippen LogP contribution in [0.2, 0.25) is 0 Å². The van der Waals surface area contributed by atoms with Crippen LogP contribution in [0.1, 0.15) is 0 Å². The number of halogens is 1. The van der Waals surface area contributed by atoms with Crippen molar-refractivity contribution in [3.8, 4) is 0 Å².